The summed E-state index contributed by atoms with van der Waals surface area (Å²) in [6.07, 6.45) is 0. The molecule has 19 heavy (non-hydrogen) atoms. The number of anilines is 2. The quantitative estimate of drug-likeness (QED) is 0.668. The van der Waals surface area contributed by atoms with E-state index in [1.165, 1.54) is 6.07 Å². The summed E-state index contributed by atoms with van der Waals surface area (Å²) in [7, 11) is 0. The second-order valence-electron chi connectivity index (χ2n) is 4.63. The second-order valence-corrected chi connectivity index (χ2v) is 4.63. The minimum atomic E-state index is -0.967. The lowest BCUT2D eigenvalue weighted by atomic mass is 10.1. The normalized spacial score (nSPS) is 16.6. The monoisotopic (exact) mass is 265 g/mol. The molecule has 2 rings (SSSR count). The van der Waals surface area contributed by atoms with Gasteiger partial charge in [-0.1, -0.05) is 0 Å². The van der Waals surface area contributed by atoms with Crippen molar-refractivity contribution in [2.75, 3.05) is 50.0 Å². The summed E-state index contributed by atoms with van der Waals surface area (Å²) in [5.41, 5.74) is 7.51. The van der Waals surface area contributed by atoms with Gasteiger partial charge in [0.1, 0.15) is 0 Å². The van der Waals surface area contributed by atoms with Gasteiger partial charge in [0, 0.05) is 32.7 Å². The van der Waals surface area contributed by atoms with Gasteiger partial charge in [-0.3, -0.25) is 4.90 Å². The van der Waals surface area contributed by atoms with Gasteiger partial charge in [0.05, 0.1) is 23.5 Å². The molecule has 1 aromatic rings. The van der Waals surface area contributed by atoms with Crippen LogP contribution in [0.3, 0.4) is 0 Å². The molecular formula is C13H19N3O3. The Morgan fingerprint density at radius 1 is 1.26 bits per heavy atom. The highest BCUT2D eigenvalue weighted by molar-refractivity contribution is 5.90. The van der Waals surface area contributed by atoms with Crippen molar-refractivity contribution in [2.24, 2.45) is 0 Å². The van der Waals surface area contributed by atoms with Gasteiger partial charge in [0.25, 0.3) is 0 Å². The average Bonchev–Trinajstić information content (AvgIpc) is 2.40. The third-order valence-corrected chi connectivity index (χ3v) is 3.40. The van der Waals surface area contributed by atoms with E-state index < -0.39 is 5.97 Å². The molecule has 0 aromatic heterocycles. The maximum Gasteiger partial charge on any atom is 0.335 e. The number of hydrogen-bond donors (Lipinski definition) is 3. The summed E-state index contributed by atoms with van der Waals surface area (Å²) < 4.78 is 0. The minimum Gasteiger partial charge on any atom is -0.478 e. The van der Waals surface area contributed by atoms with Gasteiger partial charge in [-0.05, 0) is 18.2 Å². The minimum absolute atomic E-state index is 0.176. The van der Waals surface area contributed by atoms with Crippen LogP contribution in [0.4, 0.5) is 11.4 Å². The van der Waals surface area contributed by atoms with E-state index in [0.717, 1.165) is 31.9 Å². The predicted molar refractivity (Wildman–Crippen MR) is 73.6 cm³/mol. The molecule has 1 aliphatic rings. The van der Waals surface area contributed by atoms with Gasteiger partial charge in [-0.2, -0.15) is 0 Å². The molecule has 1 fully saturated rings. The van der Waals surface area contributed by atoms with Gasteiger partial charge < -0.3 is 20.8 Å². The maximum atomic E-state index is 10.9. The summed E-state index contributed by atoms with van der Waals surface area (Å²) in [6.45, 7) is 4.28. The number of nitrogens with zero attached hydrogens (tertiary/aromatic N) is 2. The predicted octanol–water partition coefficient (Wildman–Crippen LogP) is 0.0813. The Balaban J connectivity index is 2.05. The van der Waals surface area contributed by atoms with Crippen LogP contribution in [0.15, 0.2) is 18.2 Å². The van der Waals surface area contributed by atoms with Crippen LogP contribution >= 0.6 is 0 Å². The maximum absolute atomic E-state index is 10.9. The van der Waals surface area contributed by atoms with Crippen molar-refractivity contribution in [3.8, 4) is 0 Å². The number of aliphatic hydroxyl groups excluding tert-OH is 1. The van der Waals surface area contributed by atoms with E-state index >= 15 is 0 Å². The van der Waals surface area contributed by atoms with Crippen LogP contribution in [0.5, 0.6) is 0 Å². The first-order chi connectivity index (χ1) is 9.11. The number of rotatable bonds is 4. The van der Waals surface area contributed by atoms with Crippen molar-refractivity contribution >= 4 is 17.3 Å². The number of β-amino-alcohol motifs (C(OH)–C–C–N with tert-alkyl or cyclic N) is 1. The van der Waals surface area contributed by atoms with E-state index in [1.54, 1.807) is 12.1 Å². The van der Waals surface area contributed by atoms with Crippen molar-refractivity contribution in [3.05, 3.63) is 23.8 Å². The number of aromatic carboxylic acids is 1. The summed E-state index contributed by atoms with van der Waals surface area (Å²) in [5, 5.41) is 17.8. The molecule has 1 heterocycles. The Morgan fingerprint density at radius 3 is 2.47 bits per heavy atom. The van der Waals surface area contributed by atoms with Crippen LogP contribution in [-0.2, 0) is 0 Å². The number of carbonyl (C=O) groups is 1. The lowest BCUT2D eigenvalue weighted by Gasteiger charge is -2.36. The fourth-order valence-electron chi connectivity index (χ4n) is 2.33. The highest BCUT2D eigenvalue weighted by atomic mass is 16.4. The molecule has 0 bridgehead atoms. The molecule has 104 valence electrons. The van der Waals surface area contributed by atoms with Crippen molar-refractivity contribution in [1.82, 2.24) is 4.90 Å². The van der Waals surface area contributed by atoms with E-state index in [9.17, 15) is 4.79 Å². The molecule has 1 aromatic carbocycles. The number of benzene rings is 1. The number of hydrogen-bond acceptors (Lipinski definition) is 5. The standard InChI is InChI=1S/C13H19N3O3/c14-11-9-10(13(18)19)1-2-12(11)16-5-3-15(4-6-16)7-8-17/h1-2,9,17H,3-8,14H2,(H,18,19). The molecule has 0 aliphatic carbocycles. The molecule has 0 radical (unpaired) electrons. The largest absolute Gasteiger partial charge is 0.478 e. The van der Waals surface area contributed by atoms with Crippen molar-refractivity contribution in [3.63, 3.8) is 0 Å². The number of carboxylic acids is 1. The third-order valence-electron chi connectivity index (χ3n) is 3.40. The van der Waals surface area contributed by atoms with Crippen molar-refractivity contribution in [2.45, 2.75) is 0 Å². The molecule has 0 amide bonds. The molecular weight excluding hydrogens is 246 g/mol. The lowest BCUT2D eigenvalue weighted by Crippen LogP contribution is -2.47. The smallest absolute Gasteiger partial charge is 0.335 e. The first-order valence-electron chi connectivity index (χ1n) is 6.33. The number of nitrogens with two attached hydrogens (primary N) is 1. The molecule has 6 heteroatoms. The highest BCUT2D eigenvalue weighted by Crippen LogP contribution is 2.25. The Bertz CT molecular complexity index is 456. The molecule has 0 saturated carbocycles. The number of aliphatic hydroxyl groups is 1. The first-order valence-corrected chi connectivity index (χ1v) is 6.33. The summed E-state index contributed by atoms with van der Waals surface area (Å²) in [4.78, 5) is 15.2. The zero-order valence-electron chi connectivity index (χ0n) is 10.7. The van der Waals surface area contributed by atoms with E-state index in [1.807, 2.05) is 0 Å². The summed E-state index contributed by atoms with van der Waals surface area (Å²) >= 11 is 0. The van der Waals surface area contributed by atoms with E-state index in [2.05, 4.69) is 9.80 Å². The molecule has 1 saturated heterocycles. The van der Waals surface area contributed by atoms with E-state index in [-0.39, 0.29) is 12.2 Å². The molecule has 0 unspecified atom stereocenters. The van der Waals surface area contributed by atoms with Gasteiger partial charge in [0.2, 0.25) is 0 Å². The van der Waals surface area contributed by atoms with Gasteiger partial charge in [-0.15, -0.1) is 0 Å². The van der Waals surface area contributed by atoms with Crippen molar-refractivity contribution < 1.29 is 15.0 Å². The molecule has 4 N–H and O–H groups in total. The van der Waals surface area contributed by atoms with Crippen LogP contribution < -0.4 is 10.6 Å². The lowest BCUT2D eigenvalue weighted by molar-refractivity contribution is 0.0697. The Labute approximate surface area is 112 Å². The van der Waals surface area contributed by atoms with Crippen LogP contribution in [0.25, 0.3) is 0 Å². The highest BCUT2D eigenvalue weighted by Gasteiger charge is 2.18. The van der Waals surface area contributed by atoms with E-state index in [0.29, 0.717) is 12.2 Å². The fourth-order valence-corrected chi connectivity index (χ4v) is 2.33. The van der Waals surface area contributed by atoms with Crippen molar-refractivity contribution in [1.29, 1.82) is 0 Å². The average molecular weight is 265 g/mol. The number of carboxylic acid groups (broad SMARTS) is 1. The Hall–Kier alpha value is -1.79. The van der Waals surface area contributed by atoms with Crippen LogP contribution in [0.2, 0.25) is 0 Å². The number of nitrogen functional groups attached to an aromatic ring is 1. The molecule has 0 spiro atoms. The topological polar surface area (TPSA) is 90.0 Å². The third kappa shape index (κ3) is 3.15. The molecule has 1 aliphatic heterocycles. The SMILES string of the molecule is Nc1cc(C(=O)O)ccc1N1CCN(CCO)CC1. The molecule has 6 nitrogen and oxygen atoms in total. The van der Waals surface area contributed by atoms with E-state index in [4.69, 9.17) is 15.9 Å². The zero-order chi connectivity index (χ0) is 13.8. The summed E-state index contributed by atoms with van der Waals surface area (Å²) in [5.74, 6) is -0.967. The Morgan fingerprint density at radius 2 is 1.95 bits per heavy atom. The fraction of sp³-hybridized carbons (Fsp3) is 0.462. The Kier molecular flexibility index (Phi) is 4.24. The molecule has 0 atom stereocenters. The number of piperazine rings is 1. The first kappa shape index (κ1) is 13.6. The van der Waals surface area contributed by atoms with Gasteiger partial charge >= 0.3 is 5.97 Å². The van der Waals surface area contributed by atoms with Gasteiger partial charge in [-0.25, -0.2) is 4.79 Å². The summed E-state index contributed by atoms with van der Waals surface area (Å²) in [6, 6.07) is 4.84. The second kappa shape index (κ2) is 5.90. The van der Waals surface area contributed by atoms with Gasteiger partial charge in [0.15, 0.2) is 0 Å². The van der Waals surface area contributed by atoms with Crippen LogP contribution in [0, 0.1) is 0 Å². The zero-order valence-corrected chi connectivity index (χ0v) is 10.7. The van der Waals surface area contributed by atoms with Crippen LogP contribution in [-0.4, -0.2) is 60.4 Å². The van der Waals surface area contributed by atoms with Crippen LogP contribution in [0.1, 0.15) is 10.4 Å².